The molecule has 0 radical (unpaired) electrons. The van der Waals surface area contributed by atoms with Gasteiger partial charge in [0.2, 0.25) is 5.91 Å². The maximum atomic E-state index is 14.2. The van der Waals surface area contributed by atoms with Gasteiger partial charge < -0.3 is 15.1 Å². The Balaban J connectivity index is 1.28. The number of aryl methyl sites for hydroxylation is 1. The van der Waals surface area contributed by atoms with Crippen LogP contribution in [0.2, 0.25) is 5.02 Å². The van der Waals surface area contributed by atoms with Gasteiger partial charge in [0.05, 0.1) is 10.9 Å². The van der Waals surface area contributed by atoms with Gasteiger partial charge >= 0.3 is 0 Å². The van der Waals surface area contributed by atoms with Crippen molar-refractivity contribution >= 4 is 23.3 Å². The standard InChI is InChI=1S/C25H31ClFN5O/c1-16-2-7-22-23(16)24(30-15-29-22)31-8-10-32(11-9-31)25(33)19(14-28-13-17-3-4-17)18-5-6-20(26)21(27)12-18/h5-6,12,15-17,19,28H,2-4,7-11,13-14H2,1H3/t16?,19-/m1/s1. The fourth-order valence-electron chi connectivity index (χ4n) is 5.06. The fourth-order valence-corrected chi connectivity index (χ4v) is 5.18. The quantitative estimate of drug-likeness (QED) is 0.666. The van der Waals surface area contributed by atoms with E-state index >= 15 is 0 Å². The number of piperazine rings is 1. The van der Waals surface area contributed by atoms with Crippen molar-refractivity contribution < 1.29 is 9.18 Å². The largest absolute Gasteiger partial charge is 0.353 e. The smallest absolute Gasteiger partial charge is 0.231 e. The molecule has 6 nitrogen and oxygen atoms in total. The van der Waals surface area contributed by atoms with Crippen LogP contribution in [-0.4, -0.2) is 60.0 Å². The van der Waals surface area contributed by atoms with Gasteiger partial charge in [-0.3, -0.25) is 4.79 Å². The van der Waals surface area contributed by atoms with Crippen molar-refractivity contribution in [2.75, 3.05) is 44.2 Å². The molecule has 1 saturated heterocycles. The number of anilines is 1. The van der Waals surface area contributed by atoms with E-state index < -0.39 is 11.7 Å². The van der Waals surface area contributed by atoms with E-state index in [0.717, 1.165) is 44.0 Å². The lowest BCUT2D eigenvalue weighted by Crippen LogP contribution is -2.51. The highest BCUT2D eigenvalue weighted by atomic mass is 35.5. The molecule has 2 aliphatic carbocycles. The predicted octanol–water partition coefficient (Wildman–Crippen LogP) is 3.75. The molecule has 2 fully saturated rings. The van der Waals surface area contributed by atoms with Crippen molar-refractivity contribution in [3.8, 4) is 0 Å². The number of nitrogens with one attached hydrogen (secondary N) is 1. The van der Waals surface area contributed by atoms with Crippen molar-refractivity contribution in [3.63, 3.8) is 0 Å². The van der Waals surface area contributed by atoms with Crippen LogP contribution in [0.1, 0.15) is 54.8 Å². The number of nitrogens with zero attached hydrogens (tertiary/aromatic N) is 4. The summed E-state index contributed by atoms with van der Waals surface area (Å²) in [5.41, 5.74) is 3.11. The number of benzene rings is 1. The van der Waals surface area contributed by atoms with Gasteiger partial charge in [-0.2, -0.15) is 0 Å². The van der Waals surface area contributed by atoms with Crippen LogP contribution in [0, 0.1) is 11.7 Å². The van der Waals surface area contributed by atoms with Crippen molar-refractivity contribution in [2.24, 2.45) is 5.92 Å². The van der Waals surface area contributed by atoms with E-state index in [-0.39, 0.29) is 10.9 Å². The number of hydrogen-bond donors (Lipinski definition) is 1. The molecule has 5 rings (SSSR count). The summed E-state index contributed by atoms with van der Waals surface area (Å²) in [7, 11) is 0. The number of rotatable bonds is 7. The first kappa shape index (κ1) is 22.5. The molecule has 2 heterocycles. The number of carbonyl (C=O) groups is 1. The van der Waals surface area contributed by atoms with Crippen LogP contribution in [-0.2, 0) is 11.2 Å². The number of halogens is 2. The van der Waals surface area contributed by atoms with Crippen LogP contribution in [0.4, 0.5) is 10.2 Å². The number of aromatic nitrogens is 2. The topological polar surface area (TPSA) is 61.4 Å². The van der Waals surface area contributed by atoms with Crippen LogP contribution < -0.4 is 10.2 Å². The van der Waals surface area contributed by atoms with Gasteiger partial charge in [0.15, 0.2) is 0 Å². The Morgan fingerprint density at radius 1 is 1.21 bits per heavy atom. The summed E-state index contributed by atoms with van der Waals surface area (Å²) in [6, 6.07) is 4.72. The summed E-state index contributed by atoms with van der Waals surface area (Å²) < 4.78 is 14.2. The van der Waals surface area contributed by atoms with Gasteiger partial charge in [-0.15, -0.1) is 0 Å². The highest BCUT2D eigenvalue weighted by Crippen LogP contribution is 2.37. The first-order valence-corrected chi connectivity index (χ1v) is 12.4. The molecule has 3 aliphatic rings. The molecule has 176 valence electrons. The van der Waals surface area contributed by atoms with Gasteiger partial charge in [0.25, 0.3) is 0 Å². The molecule has 1 aromatic carbocycles. The van der Waals surface area contributed by atoms with Crippen LogP contribution in [0.3, 0.4) is 0 Å². The molecule has 8 heteroatoms. The van der Waals surface area contributed by atoms with Crippen LogP contribution >= 0.6 is 11.6 Å². The molecule has 1 N–H and O–H groups in total. The molecule has 1 unspecified atom stereocenters. The number of hydrogen-bond acceptors (Lipinski definition) is 5. The molecule has 1 saturated carbocycles. The van der Waals surface area contributed by atoms with E-state index in [2.05, 4.69) is 27.1 Å². The molecule has 33 heavy (non-hydrogen) atoms. The van der Waals surface area contributed by atoms with Gasteiger partial charge in [-0.25, -0.2) is 14.4 Å². The minimum atomic E-state index is -0.481. The molecule has 2 atom stereocenters. The van der Waals surface area contributed by atoms with Gasteiger partial charge in [-0.1, -0.05) is 24.6 Å². The van der Waals surface area contributed by atoms with E-state index in [1.54, 1.807) is 18.5 Å². The van der Waals surface area contributed by atoms with E-state index in [0.29, 0.717) is 37.0 Å². The zero-order chi connectivity index (χ0) is 22.9. The fraction of sp³-hybridized carbons (Fsp3) is 0.560. The van der Waals surface area contributed by atoms with Gasteiger partial charge in [0.1, 0.15) is 18.0 Å². The van der Waals surface area contributed by atoms with E-state index in [1.165, 1.54) is 24.5 Å². The lowest BCUT2D eigenvalue weighted by atomic mass is 9.96. The lowest BCUT2D eigenvalue weighted by molar-refractivity contribution is -0.133. The van der Waals surface area contributed by atoms with E-state index in [9.17, 15) is 9.18 Å². The minimum absolute atomic E-state index is 0.0425. The third-order valence-electron chi connectivity index (χ3n) is 7.27. The number of carbonyl (C=O) groups excluding carboxylic acids is 1. The summed E-state index contributed by atoms with van der Waals surface area (Å²) in [6.45, 7) is 6.38. The zero-order valence-electron chi connectivity index (χ0n) is 19.1. The maximum Gasteiger partial charge on any atom is 0.231 e. The van der Waals surface area contributed by atoms with Crippen molar-refractivity contribution in [1.29, 1.82) is 0 Å². The first-order valence-electron chi connectivity index (χ1n) is 12.0. The molecule has 1 amide bonds. The molecular weight excluding hydrogens is 441 g/mol. The zero-order valence-corrected chi connectivity index (χ0v) is 19.8. The van der Waals surface area contributed by atoms with Crippen molar-refractivity contribution in [3.05, 3.63) is 52.2 Å². The normalized spacial score (nSPS) is 21.2. The Morgan fingerprint density at radius 2 is 2.00 bits per heavy atom. The van der Waals surface area contributed by atoms with Gasteiger partial charge in [0, 0.05) is 44.0 Å². The summed E-state index contributed by atoms with van der Waals surface area (Å²) >= 11 is 5.89. The Hall–Kier alpha value is -2.25. The number of fused-ring (bicyclic) bond motifs is 1. The van der Waals surface area contributed by atoms with Gasteiger partial charge in [-0.05, 0) is 61.8 Å². The highest BCUT2D eigenvalue weighted by Gasteiger charge is 2.32. The molecule has 0 bridgehead atoms. The van der Waals surface area contributed by atoms with Crippen LogP contribution in [0.15, 0.2) is 24.5 Å². The Kier molecular flexibility index (Phi) is 6.52. The average Bonchev–Trinajstić information content (AvgIpc) is 3.58. The van der Waals surface area contributed by atoms with Crippen molar-refractivity contribution in [1.82, 2.24) is 20.2 Å². The molecular formula is C25H31ClFN5O. The summed E-state index contributed by atoms with van der Waals surface area (Å²) in [4.78, 5) is 26.8. The molecule has 0 spiro atoms. The second kappa shape index (κ2) is 9.55. The third-order valence-corrected chi connectivity index (χ3v) is 7.57. The Morgan fingerprint density at radius 3 is 2.73 bits per heavy atom. The Bertz CT molecular complexity index is 1020. The highest BCUT2D eigenvalue weighted by molar-refractivity contribution is 6.30. The van der Waals surface area contributed by atoms with Crippen LogP contribution in [0.5, 0.6) is 0 Å². The van der Waals surface area contributed by atoms with Crippen molar-refractivity contribution in [2.45, 2.75) is 44.4 Å². The van der Waals surface area contributed by atoms with E-state index in [4.69, 9.17) is 11.6 Å². The average molecular weight is 472 g/mol. The van der Waals surface area contributed by atoms with E-state index in [1.807, 2.05) is 4.90 Å². The first-order chi connectivity index (χ1) is 16.0. The number of amides is 1. The molecule has 1 aliphatic heterocycles. The minimum Gasteiger partial charge on any atom is -0.353 e. The molecule has 1 aromatic heterocycles. The maximum absolute atomic E-state index is 14.2. The summed E-state index contributed by atoms with van der Waals surface area (Å²) in [5, 5.41) is 3.52. The second-order valence-corrected chi connectivity index (χ2v) is 10.0. The third kappa shape index (κ3) is 4.85. The second-order valence-electron chi connectivity index (χ2n) is 9.64. The predicted molar refractivity (Wildman–Crippen MR) is 127 cm³/mol. The van der Waals surface area contributed by atoms with Crippen LogP contribution in [0.25, 0.3) is 0 Å². The lowest BCUT2D eigenvalue weighted by Gasteiger charge is -2.38. The summed E-state index contributed by atoms with van der Waals surface area (Å²) in [6.07, 6.45) is 6.29. The SMILES string of the molecule is CC1CCc2ncnc(N3CCN(C(=O)[C@H](CNCC4CC4)c4ccc(Cl)c(F)c4)CC3)c21. The summed E-state index contributed by atoms with van der Waals surface area (Å²) in [5.74, 6) is 1.34. The Labute approximate surface area is 199 Å². The molecule has 2 aromatic rings. The monoisotopic (exact) mass is 471 g/mol.